The Hall–Kier alpha value is -4.12. The van der Waals surface area contributed by atoms with Crippen molar-refractivity contribution in [2.75, 3.05) is 20.1 Å². The van der Waals surface area contributed by atoms with Gasteiger partial charge in [0.05, 0.1) is 30.5 Å². The molecule has 2 heterocycles. The fourth-order valence-corrected chi connectivity index (χ4v) is 5.42. The lowest BCUT2D eigenvalue weighted by atomic mass is 9.90. The van der Waals surface area contributed by atoms with Gasteiger partial charge < -0.3 is 35.0 Å². The second-order valence-corrected chi connectivity index (χ2v) is 11.3. The van der Waals surface area contributed by atoms with Gasteiger partial charge in [0.1, 0.15) is 5.75 Å². The molecule has 0 spiro atoms. The van der Waals surface area contributed by atoms with Crippen LogP contribution in [0.4, 0.5) is 0 Å². The van der Waals surface area contributed by atoms with Crippen molar-refractivity contribution < 1.29 is 29.6 Å². The molecule has 1 aliphatic heterocycles. The van der Waals surface area contributed by atoms with E-state index < -0.39 is 12.4 Å². The molecular weight excluding hydrogens is 558 g/mol. The number of aliphatic hydroxyl groups excluding tert-OH is 2. The number of nitrogens with one attached hydrogen (secondary N) is 1. The number of pyridine rings is 1. The van der Waals surface area contributed by atoms with Crippen molar-refractivity contribution in [1.29, 1.82) is 0 Å². The molecule has 9 heteroatoms. The maximum absolute atomic E-state index is 12.4. The van der Waals surface area contributed by atoms with Crippen molar-refractivity contribution in [2.45, 2.75) is 44.7 Å². The van der Waals surface area contributed by atoms with E-state index in [1.54, 1.807) is 42.6 Å². The quantitative estimate of drug-likeness (QED) is 0.197. The molecule has 0 unspecified atom stereocenters. The predicted molar refractivity (Wildman–Crippen MR) is 165 cm³/mol. The Kier molecular flexibility index (Phi) is 10.4. The van der Waals surface area contributed by atoms with Crippen LogP contribution in [0.5, 0.6) is 5.75 Å². The van der Waals surface area contributed by atoms with E-state index in [1.165, 1.54) is 6.20 Å². The Balaban J connectivity index is 1.29. The maximum atomic E-state index is 12.4. The highest BCUT2D eigenvalue weighted by molar-refractivity contribution is 5.93. The molecule has 1 amide bonds. The van der Waals surface area contributed by atoms with Gasteiger partial charge in [-0.15, -0.1) is 0 Å². The van der Waals surface area contributed by atoms with Crippen LogP contribution in [0.1, 0.15) is 63.6 Å². The third kappa shape index (κ3) is 7.88. The van der Waals surface area contributed by atoms with Crippen LogP contribution in [0.15, 0.2) is 97.3 Å². The number of carbonyl (C=O) groups excluding carboxylic acids is 1. The molecule has 1 saturated heterocycles. The zero-order valence-corrected chi connectivity index (χ0v) is 24.9. The van der Waals surface area contributed by atoms with E-state index in [0.717, 1.165) is 22.3 Å². The molecule has 5 atom stereocenters. The number of amides is 1. The molecule has 1 aliphatic rings. The molecule has 44 heavy (non-hydrogen) atoms. The molecule has 0 saturated carbocycles. The van der Waals surface area contributed by atoms with Crippen molar-refractivity contribution >= 4 is 5.91 Å². The SMILES string of the molecule is C[C@@H]1[C@H](CN(C)C[C@@H](O)c2cccc(O)c2)O[C@H](c2ccc(CNC(=O)c3cccnc3)cc2)O[C@@H]1c1ccc(CO)cc1. The Morgan fingerprint density at radius 2 is 1.70 bits per heavy atom. The summed E-state index contributed by atoms with van der Waals surface area (Å²) >= 11 is 0. The number of phenols is 1. The highest BCUT2D eigenvalue weighted by Gasteiger charge is 2.39. The van der Waals surface area contributed by atoms with E-state index in [9.17, 15) is 20.1 Å². The molecule has 1 fully saturated rings. The number of hydrogen-bond donors (Lipinski definition) is 4. The van der Waals surface area contributed by atoms with Crippen LogP contribution in [0.3, 0.4) is 0 Å². The summed E-state index contributed by atoms with van der Waals surface area (Å²) in [6.45, 7) is 3.33. The van der Waals surface area contributed by atoms with Gasteiger partial charge in [-0.25, -0.2) is 0 Å². The average molecular weight is 598 g/mol. The summed E-state index contributed by atoms with van der Waals surface area (Å²) in [5.41, 5.74) is 4.76. The van der Waals surface area contributed by atoms with Gasteiger partial charge in [-0.05, 0) is 53.6 Å². The van der Waals surface area contributed by atoms with E-state index >= 15 is 0 Å². The van der Waals surface area contributed by atoms with Gasteiger partial charge in [0.25, 0.3) is 5.91 Å². The summed E-state index contributed by atoms with van der Waals surface area (Å²) in [6, 6.07) is 25.7. The van der Waals surface area contributed by atoms with Gasteiger partial charge in [0.15, 0.2) is 6.29 Å². The molecule has 0 bridgehead atoms. The minimum Gasteiger partial charge on any atom is -0.508 e. The van der Waals surface area contributed by atoms with Crippen molar-refractivity contribution in [3.63, 3.8) is 0 Å². The summed E-state index contributed by atoms with van der Waals surface area (Å²) in [5.74, 6) is -0.0924. The van der Waals surface area contributed by atoms with Crippen LogP contribution in [0.2, 0.25) is 0 Å². The molecule has 230 valence electrons. The molecule has 5 rings (SSSR count). The van der Waals surface area contributed by atoms with Gasteiger partial charge in [-0.3, -0.25) is 9.78 Å². The van der Waals surface area contributed by atoms with Crippen molar-refractivity contribution in [3.05, 3.63) is 131 Å². The van der Waals surface area contributed by atoms with Crippen LogP contribution in [0.25, 0.3) is 0 Å². The first kappa shape index (κ1) is 31.3. The number of aliphatic hydroxyl groups is 2. The van der Waals surface area contributed by atoms with E-state index in [2.05, 4.69) is 17.2 Å². The van der Waals surface area contributed by atoms with Crippen LogP contribution >= 0.6 is 0 Å². The lowest BCUT2D eigenvalue weighted by Gasteiger charge is -2.42. The van der Waals surface area contributed by atoms with E-state index in [4.69, 9.17) is 9.47 Å². The van der Waals surface area contributed by atoms with Crippen LogP contribution in [-0.2, 0) is 22.6 Å². The van der Waals surface area contributed by atoms with Crippen LogP contribution in [-0.4, -0.2) is 57.4 Å². The number of nitrogens with zero attached hydrogens (tertiary/aromatic N) is 2. The van der Waals surface area contributed by atoms with Gasteiger partial charge >= 0.3 is 0 Å². The molecule has 9 nitrogen and oxygen atoms in total. The number of likely N-dealkylation sites (N-methyl/N-ethyl adjacent to an activating group) is 1. The number of aromatic nitrogens is 1. The Bertz CT molecular complexity index is 1500. The first-order chi connectivity index (χ1) is 21.3. The fraction of sp³-hybridized carbons (Fsp3) is 0.314. The monoisotopic (exact) mass is 597 g/mol. The maximum Gasteiger partial charge on any atom is 0.253 e. The topological polar surface area (TPSA) is 124 Å². The number of phenolic OH excluding ortho intramolecular Hbond substituents is 1. The van der Waals surface area contributed by atoms with Gasteiger partial charge in [0, 0.05) is 43.5 Å². The molecule has 1 aromatic heterocycles. The summed E-state index contributed by atoms with van der Waals surface area (Å²) in [5, 5.41) is 33.1. The molecule has 4 N–H and O–H groups in total. The van der Waals surface area contributed by atoms with E-state index in [1.807, 2.05) is 60.5 Å². The van der Waals surface area contributed by atoms with Crippen LogP contribution < -0.4 is 5.32 Å². The first-order valence-electron chi connectivity index (χ1n) is 14.7. The van der Waals surface area contributed by atoms with Gasteiger partial charge in [-0.2, -0.15) is 0 Å². The largest absolute Gasteiger partial charge is 0.508 e. The third-order valence-corrected chi connectivity index (χ3v) is 7.98. The molecule has 0 aliphatic carbocycles. The highest BCUT2D eigenvalue weighted by Crippen LogP contribution is 2.42. The number of ether oxygens (including phenoxy) is 2. The minimum absolute atomic E-state index is 0.0199. The molecule has 4 aromatic rings. The van der Waals surface area contributed by atoms with Gasteiger partial charge in [0.2, 0.25) is 0 Å². The number of benzene rings is 3. The minimum atomic E-state index is -0.772. The zero-order chi connectivity index (χ0) is 31.1. The smallest absolute Gasteiger partial charge is 0.253 e. The summed E-state index contributed by atoms with van der Waals surface area (Å²) in [6.07, 6.45) is 1.26. The molecule has 3 aromatic carbocycles. The standard InChI is InChI=1S/C35H39N3O6/c1-23-32(21-38(2)20-31(41)28-5-3-7-30(40)17-28)43-35(44-33(23)26-12-10-25(22-39)11-13-26)27-14-8-24(9-15-27)18-37-34(42)29-6-4-16-36-19-29/h3-17,19,23,31-33,35,39-41H,18,20-22H2,1-2H3,(H,37,42)/t23-,31-,32+,33+,35+/m1/s1. The summed E-state index contributed by atoms with van der Waals surface area (Å²) in [4.78, 5) is 18.4. The summed E-state index contributed by atoms with van der Waals surface area (Å²) < 4.78 is 13.1. The number of hydrogen-bond acceptors (Lipinski definition) is 8. The number of aromatic hydroxyl groups is 1. The second kappa shape index (κ2) is 14.6. The number of carbonyl (C=O) groups is 1. The lowest BCUT2D eigenvalue weighted by molar-refractivity contribution is -0.276. The normalized spacial score (nSPS) is 20.8. The van der Waals surface area contributed by atoms with Crippen molar-refractivity contribution in [3.8, 4) is 5.75 Å². The van der Waals surface area contributed by atoms with Crippen LogP contribution in [0, 0.1) is 5.92 Å². The predicted octanol–water partition coefficient (Wildman–Crippen LogP) is 4.67. The summed E-state index contributed by atoms with van der Waals surface area (Å²) in [7, 11) is 1.94. The number of rotatable bonds is 11. The third-order valence-electron chi connectivity index (χ3n) is 7.98. The Morgan fingerprint density at radius 1 is 0.977 bits per heavy atom. The fourth-order valence-electron chi connectivity index (χ4n) is 5.42. The Labute approximate surface area is 257 Å². The lowest BCUT2D eigenvalue weighted by Crippen LogP contribution is -2.44. The van der Waals surface area contributed by atoms with E-state index in [0.29, 0.717) is 30.8 Å². The highest BCUT2D eigenvalue weighted by atomic mass is 16.7. The van der Waals surface area contributed by atoms with Crippen molar-refractivity contribution in [1.82, 2.24) is 15.2 Å². The zero-order valence-electron chi connectivity index (χ0n) is 24.9. The Morgan fingerprint density at radius 3 is 2.39 bits per heavy atom. The first-order valence-corrected chi connectivity index (χ1v) is 14.7. The average Bonchev–Trinajstić information content (AvgIpc) is 3.05. The van der Waals surface area contributed by atoms with Crippen molar-refractivity contribution in [2.24, 2.45) is 5.92 Å². The van der Waals surface area contributed by atoms with E-state index in [-0.39, 0.29) is 36.4 Å². The second-order valence-electron chi connectivity index (χ2n) is 11.3. The molecule has 0 radical (unpaired) electrons. The molecular formula is C35H39N3O6. The van der Waals surface area contributed by atoms with Gasteiger partial charge in [-0.1, -0.05) is 67.6 Å².